The van der Waals surface area contributed by atoms with Crippen molar-refractivity contribution in [1.82, 2.24) is 24.9 Å². The molecule has 0 aliphatic heterocycles. The lowest BCUT2D eigenvalue weighted by Gasteiger charge is -2.39. The van der Waals surface area contributed by atoms with Crippen LogP contribution >= 0.6 is 0 Å². The molecule has 0 spiro atoms. The Labute approximate surface area is 237 Å². The van der Waals surface area contributed by atoms with E-state index in [0.29, 0.717) is 36.4 Å². The smallest absolute Gasteiger partial charge is 0.407 e. The highest BCUT2D eigenvalue weighted by molar-refractivity contribution is 5.67. The topological polar surface area (TPSA) is 117 Å². The van der Waals surface area contributed by atoms with Crippen molar-refractivity contribution in [1.29, 1.82) is 0 Å². The van der Waals surface area contributed by atoms with E-state index in [1.54, 1.807) is 29.0 Å². The Bertz CT molecular complexity index is 1510. The van der Waals surface area contributed by atoms with Crippen molar-refractivity contribution in [2.24, 2.45) is 11.7 Å². The fourth-order valence-corrected chi connectivity index (χ4v) is 5.80. The van der Waals surface area contributed by atoms with Gasteiger partial charge in [0.15, 0.2) is 0 Å². The van der Waals surface area contributed by atoms with Gasteiger partial charge in [-0.25, -0.2) is 23.1 Å². The van der Waals surface area contributed by atoms with Gasteiger partial charge in [0.25, 0.3) is 0 Å². The number of nitrogens with one attached hydrogen (secondary N) is 1. The van der Waals surface area contributed by atoms with Crippen LogP contribution in [0.4, 0.5) is 13.6 Å². The molecule has 1 aliphatic rings. The third-order valence-electron chi connectivity index (χ3n) is 7.77. The fraction of sp³-hybridized carbons (Fsp3) is 0.400. The molecule has 1 amide bonds. The Morgan fingerprint density at radius 2 is 1.95 bits per heavy atom. The van der Waals surface area contributed by atoms with Crippen molar-refractivity contribution in [3.05, 3.63) is 83.1 Å². The molecule has 4 aromatic rings. The number of aromatic nitrogens is 4. The van der Waals surface area contributed by atoms with Crippen LogP contribution in [-0.2, 0) is 22.5 Å². The van der Waals surface area contributed by atoms with Gasteiger partial charge >= 0.3 is 6.09 Å². The van der Waals surface area contributed by atoms with Gasteiger partial charge in [-0.2, -0.15) is 5.10 Å². The Morgan fingerprint density at radius 3 is 2.66 bits per heavy atom. The number of benzene rings is 1. The number of pyridine rings is 1. The van der Waals surface area contributed by atoms with E-state index in [2.05, 4.69) is 27.3 Å². The third-order valence-corrected chi connectivity index (χ3v) is 7.77. The van der Waals surface area contributed by atoms with Crippen LogP contribution in [-0.4, -0.2) is 51.5 Å². The maximum atomic E-state index is 15.0. The number of alkyl carbamates (subject to hydrolysis) is 1. The molecule has 3 N–H and O–H groups in total. The molecule has 41 heavy (non-hydrogen) atoms. The van der Waals surface area contributed by atoms with Gasteiger partial charge < -0.3 is 20.5 Å². The van der Waals surface area contributed by atoms with Crippen LogP contribution in [0.3, 0.4) is 0 Å². The highest BCUT2D eigenvalue weighted by Gasteiger charge is 2.36. The van der Waals surface area contributed by atoms with Gasteiger partial charge in [0.05, 0.1) is 36.7 Å². The predicted octanol–water partition coefficient (Wildman–Crippen LogP) is 4.76. The number of amides is 1. The second-order valence-electron chi connectivity index (χ2n) is 10.5. The van der Waals surface area contributed by atoms with Crippen LogP contribution in [0.5, 0.6) is 0 Å². The van der Waals surface area contributed by atoms with Crippen LogP contribution < -0.4 is 11.1 Å². The summed E-state index contributed by atoms with van der Waals surface area (Å²) in [5, 5.41) is 7.45. The first-order chi connectivity index (χ1) is 19.8. The Morgan fingerprint density at radius 1 is 1.17 bits per heavy atom. The van der Waals surface area contributed by atoms with Crippen LogP contribution in [0.2, 0.25) is 0 Å². The molecule has 1 fully saturated rings. The van der Waals surface area contributed by atoms with Gasteiger partial charge in [-0.15, -0.1) is 0 Å². The molecule has 216 valence electrons. The molecule has 3 aromatic heterocycles. The first kappa shape index (κ1) is 28.6. The standard InChI is InChI=1S/C30H34F2N6O3/c1-4-41-16-18-10-23(31)28(24(32)11-18)26-6-5-21-15-35-27(38(21)37-26)13-20-14-34-8-7-22(20)19-9-17(2)29(25(33)12-19)36-30(39)40-3/h5-8,10-11,14-15,17,19,25,29H,4,9,12-13,16,33H2,1-3H3,(H,36,39)/t17-,19+,25+,29-/m0/s1. The van der Waals surface area contributed by atoms with Crippen molar-refractivity contribution >= 4 is 11.6 Å². The van der Waals surface area contributed by atoms with E-state index in [4.69, 9.17) is 15.2 Å². The summed E-state index contributed by atoms with van der Waals surface area (Å²) in [7, 11) is 1.34. The van der Waals surface area contributed by atoms with E-state index in [-0.39, 0.29) is 41.8 Å². The summed E-state index contributed by atoms with van der Waals surface area (Å²) in [6, 6.07) is 7.45. The molecule has 0 bridgehead atoms. The average Bonchev–Trinajstić information content (AvgIpc) is 3.35. The molecule has 1 aromatic carbocycles. The maximum Gasteiger partial charge on any atom is 0.407 e. The molecular weight excluding hydrogens is 530 g/mol. The van der Waals surface area contributed by atoms with E-state index in [9.17, 15) is 4.79 Å². The number of rotatable bonds is 8. The minimum absolute atomic E-state index is 0.128. The van der Waals surface area contributed by atoms with Gasteiger partial charge in [0.1, 0.15) is 17.5 Å². The average molecular weight is 565 g/mol. The normalized spacial score (nSPS) is 20.7. The van der Waals surface area contributed by atoms with E-state index in [0.717, 1.165) is 17.5 Å². The molecule has 9 nitrogen and oxygen atoms in total. The number of fused-ring (bicyclic) bond motifs is 1. The Kier molecular flexibility index (Phi) is 8.55. The molecule has 0 saturated heterocycles. The highest BCUT2D eigenvalue weighted by atomic mass is 19.1. The molecular formula is C30H34F2N6O3. The Balaban J connectivity index is 1.42. The number of nitrogens with zero attached hydrogens (tertiary/aromatic N) is 4. The summed E-state index contributed by atoms with van der Waals surface area (Å²) in [5.74, 6) is -0.508. The SMILES string of the molecule is CCOCc1cc(F)c(-c2ccc3cnc(Cc4cnccc4[C@H]4C[C@@H](N)[C@@H](NC(=O)OC)[C@@H](C)C4)n3n2)c(F)c1. The van der Waals surface area contributed by atoms with Crippen LogP contribution in [0.15, 0.2) is 48.9 Å². The lowest BCUT2D eigenvalue weighted by molar-refractivity contribution is 0.133. The molecule has 1 saturated carbocycles. The summed E-state index contributed by atoms with van der Waals surface area (Å²) >= 11 is 0. The number of imidazole rings is 1. The summed E-state index contributed by atoms with van der Waals surface area (Å²) in [5.41, 5.74) is 9.67. The maximum absolute atomic E-state index is 15.0. The van der Waals surface area contributed by atoms with Crippen LogP contribution in [0.25, 0.3) is 16.8 Å². The first-order valence-electron chi connectivity index (χ1n) is 13.7. The largest absolute Gasteiger partial charge is 0.453 e. The number of ether oxygens (including phenoxy) is 2. The van der Waals surface area contributed by atoms with E-state index < -0.39 is 17.7 Å². The number of hydrogen-bond donors (Lipinski definition) is 2. The number of carbonyl (C=O) groups excluding carboxylic acids is 1. The van der Waals surface area contributed by atoms with Gasteiger partial charge in [-0.05, 0) is 78.6 Å². The summed E-state index contributed by atoms with van der Waals surface area (Å²) in [6.45, 7) is 4.47. The minimum atomic E-state index is -0.703. The zero-order chi connectivity index (χ0) is 29.1. The van der Waals surface area contributed by atoms with Crippen LogP contribution in [0.1, 0.15) is 55.1 Å². The number of methoxy groups -OCH3 is 1. The van der Waals surface area contributed by atoms with Crippen molar-refractivity contribution in [3.8, 4) is 11.3 Å². The van der Waals surface area contributed by atoms with Gasteiger partial charge in [-0.3, -0.25) is 4.98 Å². The summed E-state index contributed by atoms with van der Waals surface area (Å²) in [4.78, 5) is 20.7. The molecule has 4 atom stereocenters. The quantitative estimate of drug-likeness (QED) is 0.317. The number of nitrogens with two attached hydrogens (primary N) is 1. The van der Waals surface area contributed by atoms with Gasteiger partial charge in [0.2, 0.25) is 0 Å². The monoisotopic (exact) mass is 564 g/mol. The minimum Gasteiger partial charge on any atom is -0.453 e. The summed E-state index contributed by atoms with van der Waals surface area (Å²) in [6.07, 6.45) is 6.68. The molecule has 1 aliphatic carbocycles. The van der Waals surface area contributed by atoms with Crippen molar-refractivity contribution in [2.75, 3.05) is 13.7 Å². The van der Waals surface area contributed by atoms with E-state index in [1.807, 2.05) is 19.2 Å². The highest BCUT2D eigenvalue weighted by Crippen LogP contribution is 2.37. The lowest BCUT2D eigenvalue weighted by Crippen LogP contribution is -2.54. The van der Waals surface area contributed by atoms with Crippen molar-refractivity contribution in [3.63, 3.8) is 0 Å². The molecule has 11 heteroatoms. The fourth-order valence-electron chi connectivity index (χ4n) is 5.80. The second kappa shape index (κ2) is 12.3. The van der Waals surface area contributed by atoms with Gasteiger partial charge in [0, 0.05) is 37.5 Å². The first-order valence-corrected chi connectivity index (χ1v) is 13.7. The summed E-state index contributed by atoms with van der Waals surface area (Å²) < 4.78 is 41.7. The second-order valence-corrected chi connectivity index (χ2v) is 10.5. The molecule has 0 radical (unpaired) electrons. The molecule has 3 heterocycles. The number of halogens is 2. The van der Waals surface area contributed by atoms with Gasteiger partial charge in [-0.1, -0.05) is 6.92 Å². The van der Waals surface area contributed by atoms with E-state index in [1.165, 1.54) is 19.2 Å². The predicted molar refractivity (Wildman–Crippen MR) is 149 cm³/mol. The lowest BCUT2D eigenvalue weighted by atomic mass is 9.72. The van der Waals surface area contributed by atoms with Crippen molar-refractivity contribution < 1.29 is 23.0 Å². The van der Waals surface area contributed by atoms with E-state index >= 15 is 8.78 Å². The number of hydrogen-bond acceptors (Lipinski definition) is 7. The molecule has 5 rings (SSSR count). The zero-order valence-electron chi connectivity index (χ0n) is 23.3. The van der Waals surface area contributed by atoms with Crippen molar-refractivity contribution in [2.45, 2.75) is 57.7 Å². The third kappa shape index (κ3) is 6.06. The number of carbonyl (C=O) groups is 1. The zero-order valence-corrected chi connectivity index (χ0v) is 23.3. The Hall–Kier alpha value is -3.96. The van der Waals surface area contributed by atoms with Crippen LogP contribution in [0, 0.1) is 17.6 Å². The molecule has 0 unspecified atom stereocenters.